The van der Waals surface area contributed by atoms with E-state index in [4.69, 9.17) is 0 Å². The lowest BCUT2D eigenvalue weighted by atomic mass is 10.0. The highest BCUT2D eigenvalue weighted by molar-refractivity contribution is 9.10. The van der Waals surface area contributed by atoms with Gasteiger partial charge in [0.15, 0.2) is 0 Å². The molecule has 0 spiro atoms. The van der Waals surface area contributed by atoms with Crippen molar-refractivity contribution in [1.82, 2.24) is 9.80 Å². The van der Waals surface area contributed by atoms with Gasteiger partial charge in [-0.3, -0.25) is 4.79 Å². The van der Waals surface area contributed by atoms with Crippen molar-refractivity contribution in [3.63, 3.8) is 0 Å². The molecule has 3 rings (SSSR count). The molecule has 0 aromatic heterocycles. The predicted octanol–water partition coefficient (Wildman–Crippen LogP) is 3.46. The molecule has 2 saturated heterocycles. The van der Waals surface area contributed by atoms with Crippen LogP contribution in [0.1, 0.15) is 41.6 Å². The largest absolute Gasteiger partial charge is 0.339 e. The topological polar surface area (TPSA) is 23.6 Å². The monoisotopic (exact) mass is 350 g/mol. The van der Waals surface area contributed by atoms with Crippen LogP contribution in [0.4, 0.5) is 0 Å². The highest BCUT2D eigenvalue weighted by atomic mass is 79.9. The summed E-state index contributed by atoms with van der Waals surface area (Å²) in [5.74, 6) is 0.194. The minimum Gasteiger partial charge on any atom is -0.339 e. The van der Waals surface area contributed by atoms with Crippen LogP contribution in [0.15, 0.2) is 22.7 Å². The summed E-state index contributed by atoms with van der Waals surface area (Å²) in [6.07, 6.45) is 4.94. The van der Waals surface area contributed by atoms with Crippen molar-refractivity contribution in [2.24, 2.45) is 0 Å². The zero-order valence-corrected chi connectivity index (χ0v) is 14.2. The summed E-state index contributed by atoms with van der Waals surface area (Å²) < 4.78 is 1.03. The molecule has 0 N–H and O–H groups in total. The van der Waals surface area contributed by atoms with Gasteiger partial charge in [-0.25, -0.2) is 0 Å². The van der Waals surface area contributed by atoms with E-state index in [-0.39, 0.29) is 5.91 Å². The minimum atomic E-state index is 0.194. The smallest absolute Gasteiger partial charge is 0.254 e. The molecule has 0 atom stereocenters. The maximum absolute atomic E-state index is 12.7. The number of rotatable bonds is 2. The number of carbonyl (C=O) groups is 1. The second-order valence-corrected chi connectivity index (χ2v) is 7.14. The number of piperidine rings is 1. The van der Waals surface area contributed by atoms with Gasteiger partial charge in [-0.1, -0.05) is 15.9 Å². The Morgan fingerprint density at radius 2 is 1.81 bits per heavy atom. The molecular weight excluding hydrogens is 328 g/mol. The van der Waals surface area contributed by atoms with E-state index in [1.807, 2.05) is 30.0 Å². The van der Waals surface area contributed by atoms with Gasteiger partial charge in [0.2, 0.25) is 0 Å². The number of carbonyl (C=O) groups excluding carboxylic acids is 1. The molecule has 0 bridgehead atoms. The third-order valence-electron chi connectivity index (χ3n) is 4.83. The van der Waals surface area contributed by atoms with Crippen LogP contribution in [-0.2, 0) is 0 Å². The quantitative estimate of drug-likeness (QED) is 0.815. The first-order valence-electron chi connectivity index (χ1n) is 7.94. The van der Waals surface area contributed by atoms with Crippen molar-refractivity contribution in [3.05, 3.63) is 33.8 Å². The van der Waals surface area contributed by atoms with Crippen molar-refractivity contribution in [2.45, 2.75) is 38.6 Å². The molecule has 4 heteroatoms. The van der Waals surface area contributed by atoms with Crippen LogP contribution in [0, 0.1) is 6.92 Å². The number of hydrogen-bond acceptors (Lipinski definition) is 2. The van der Waals surface area contributed by atoms with Gasteiger partial charge in [0.25, 0.3) is 5.91 Å². The summed E-state index contributed by atoms with van der Waals surface area (Å²) in [6, 6.07) is 6.61. The van der Waals surface area contributed by atoms with Gasteiger partial charge in [-0.05, 0) is 69.5 Å². The van der Waals surface area contributed by atoms with Gasteiger partial charge in [0, 0.05) is 29.2 Å². The highest BCUT2D eigenvalue weighted by Gasteiger charge is 2.28. The van der Waals surface area contributed by atoms with Crippen LogP contribution in [0.5, 0.6) is 0 Å². The van der Waals surface area contributed by atoms with Gasteiger partial charge in [0.1, 0.15) is 0 Å². The Balaban J connectivity index is 1.62. The predicted molar refractivity (Wildman–Crippen MR) is 88.6 cm³/mol. The van der Waals surface area contributed by atoms with E-state index < -0.39 is 0 Å². The minimum absolute atomic E-state index is 0.194. The maximum atomic E-state index is 12.7. The van der Waals surface area contributed by atoms with Crippen LogP contribution in [0.3, 0.4) is 0 Å². The van der Waals surface area contributed by atoms with E-state index in [1.54, 1.807) is 0 Å². The summed E-state index contributed by atoms with van der Waals surface area (Å²) in [6.45, 7) is 6.31. The molecule has 0 radical (unpaired) electrons. The number of likely N-dealkylation sites (tertiary alicyclic amines) is 2. The molecule has 2 aliphatic rings. The van der Waals surface area contributed by atoms with Gasteiger partial charge >= 0.3 is 0 Å². The van der Waals surface area contributed by atoms with E-state index in [9.17, 15) is 4.79 Å². The zero-order valence-electron chi connectivity index (χ0n) is 12.6. The Hall–Kier alpha value is -0.870. The second kappa shape index (κ2) is 6.49. The van der Waals surface area contributed by atoms with Crippen LogP contribution in [-0.4, -0.2) is 47.9 Å². The first kappa shape index (κ1) is 15.0. The van der Waals surface area contributed by atoms with Crippen molar-refractivity contribution >= 4 is 21.8 Å². The fraction of sp³-hybridized carbons (Fsp3) is 0.588. The Morgan fingerprint density at radius 1 is 1.14 bits per heavy atom. The van der Waals surface area contributed by atoms with Gasteiger partial charge < -0.3 is 9.80 Å². The normalized spacial score (nSPS) is 21.0. The summed E-state index contributed by atoms with van der Waals surface area (Å²) in [7, 11) is 0. The lowest BCUT2D eigenvalue weighted by Crippen LogP contribution is -2.46. The van der Waals surface area contributed by atoms with E-state index in [0.717, 1.165) is 41.5 Å². The number of hydrogen-bond donors (Lipinski definition) is 0. The molecule has 1 amide bonds. The Bertz CT molecular complexity index is 518. The number of halogens is 1. The molecule has 0 saturated carbocycles. The van der Waals surface area contributed by atoms with Crippen LogP contribution < -0.4 is 0 Å². The molecule has 2 aliphatic heterocycles. The fourth-order valence-electron chi connectivity index (χ4n) is 3.58. The highest BCUT2D eigenvalue weighted by Crippen LogP contribution is 2.23. The van der Waals surface area contributed by atoms with Crippen LogP contribution in [0.25, 0.3) is 0 Å². The first-order valence-corrected chi connectivity index (χ1v) is 8.74. The molecular formula is C17H23BrN2O. The van der Waals surface area contributed by atoms with Crippen LogP contribution >= 0.6 is 15.9 Å². The lowest BCUT2D eigenvalue weighted by molar-refractivity contribution is 0.0644. The van der Waals surface area contributed by atoms with Gasteiger partial charge in [0.05, 0.1) is 0 Å². The lowest BCUT2D eigenvalue weighted by Gasteiger charge is -2.36. The maximum Gasteiger partial charge on any atom is 0.254 e. The molecule has 21 heavy (non-hydrogen) atoms. The standard InChI is InChI=1S/C17H23BrN2O/c1-13-12-14(18)4-5-16(13)17(21)20-10-6-15(7-11-20)19-8-2-3-9-19/h4-5,12,15H,2-3,6-11H2,1H3. The molecule has 0 unspecified atom stereocenters. The molecule has 2 heterocycles. The number of nitrogens with zero attached hydrogens (tertiary/aromatic N) is 2. The Labute approximate surface area is 135 Å². The number of aryl methyl sites for hydroxylation is 1. The first-order chi connectivity index (χ1) is 10.1. The van der Waals surface area contributed by atoms with Crippen molar-refractivity contribution in [1.29, 1.82) is 0 Å². The van der Waals surface area contributed by atoms with Gasteiger partial charge in [-0.15, -0.1) is 0 Å². The van der Waals surface area contributed by atoms with Crippen molar-refractivity contribution in [3.8, 4) is 0 Å². The zero-order chi connectivity index (χ0) is 14.8. The molecule has 1 aromatic rings. The molecule has 1 aromatic carbocycles. The van der Waals surface area contributed by atoms with Gasteiger partial charge in [-0.2, -0.15) is 0 Å². The van der Waals surface area contributed by atoms with E-state index >= 15 is 0 Å². The van der Waals surface area contributed by atoms with E-state index in [2.05, 4.69) is 20.8 Å². The van der Waals surface area contributed by atoms with E-state index in [0.29, 0.717) is 6.04 Å². The molecule has 114 valence electrons. The summed E-state index contributed by atoms with van der Waals surface area (Å²) in [4.78, 5) is 17.3. The second-order valence-electron chi connectivity index (χ2n) is 6.23. The number of benzene rings is 1. The molecule has 3 nitrogen and oxygen atoms in total. The van der Waals surface area contributed by atoms with Crippen molar-refractivity contribution < 1.29 is 4.79 Å². The van der Waals surface area contributed by atoms with Crippen LogP contribution in [0.2, 0.25) is 0 Å². The molecule has 2 fully saturated rings. The Morgan fingerprint density at radius 3 is 2.43 bits per heavy atom. The van der Waals surface area contributed by atoms with Crippen molar-refractivity contribution in [2.75, 3.05) is 26.2 Å². The fourth-order valence-corrected chi connectivity index (χ4v) is 4.05. The average Bonchev–Trinajstić information content (AvgIpc) is 3.01. The average molecular weight is 351 g/mol. The summed E-state index contributed by atoms with van der Waals surface area (Å²) >= 11 is 3.46. The third-order valence-corrected chi connectivity index (χ3v) is 5.32. The summed E-state index contributed by atoms with van der Waals surface area (Å²) in [5, 5.41) is 0. The van der Waals surface area contributed by atoms with E-state index in [1.165, 1.54) is 25.9 Å². The third kappa shape index (κ3) is 3.32. The Kier molecular flexibility index (Phi) is 4.65. The molecule has 0 aliphatic carbocycles. The SMILES string of the molecule is Cc1cc(Br)ccc1C(=O)N1CCC(N2CCCC2)CC1. The summed E-state index contributed by atoms with van der Waals surface area (Å²) in [5.41, 5.74) is 1.90. The number of amides is 1.